The van der Waals surface area contributed by atoms with E-state index in [9.17, 15) is 13.2 Å². The third-order valence-corrected chi connectivity index (χ3v) is 4.93. The van der Waals surface area contributed by atoms with Crippen LogP contribution in [0.1, 0.15) is 13.8 Å². The van der Waals surface area contributed by atoms with Gasteiger partial charge in [0.25, 0.3) is 15.9 Å². The van der Waals surface area contributed by atoms with Crippen LogP contribution in [0.3, 0.4) is 0 Å². The minimum atomic E-state index is -3.74. The van der Waals surface area contributed by atoms with Crippen molar-refractivity contribution in [3.05, 3.63) is 48.5 Å². The van der Waals surface area contributed by atoms with Crippen molar-refractivity contribution in [2.75, 3.05) is 25.0 Å². The molecule has 0 bridgehead atoms. The van der Waals surface area contributed by atoms with Crippen LogP contribution in [-0.4, -0.2) is 34.6 Å². The standard InChI is InChI=1S/C19H24N2O5S/c1-14(2)12-20-19(22)13-26-16-7-9-18(10-8-16)27(23,24)21-15-5-4-6-17(11-15)25-3/h4-11,14,21H,12-13H2,1-3H3,(H,20,22). The van der Waals surface area contributed by atoms with E-state index in [0.29, 0.717) is 29.6 Å². The molecule has 1 amide bonds. The number of hydrogen-bond donors (Lipinski definition) is 2. The van der Waals surface area contributed by atoms with Crippen LogP contribution in [0.2, 0.25) is 0 Å². The van der Waals surface area contributed by atoms with Crippen molar-refractivity contribution in [3.8, 4) is 11.5 Å². The average molecular weight is 392 g/mol. The van der Waals surface area contributed by atoms with Crippen LogP contribution < -0.4 is 19.5 Å². The highest BCUT2D eigenvalue weighted by Gasteiger charge is 2.15. The van der Waals surface area contributed by atoms with Gasteiger partial charge in [0.2, 0.25) is 0 Å². The Hall–Kier alpha value is -2.74. The van der Waals surface area contributed by atoms with Gasteiger partial charge in [0, 0.05) is 12.6 Å². The van der Waals surface area contributed by atoms with E-state index in [4.69, 9.17) is 9.47 Å². The first kappa shape index (κ1) is 20.6. The topological polar surface area (TPSA) is 93.7 Å². The number of nitrogens with one attached hydrogen (secondary N) is 2. The SMILES string of the molecule is COc1cccc(NS(=O)(=O)c2ccc(OCC(=O)NCC(C)C)cc2)c1. The maximum Gasteiger partial charge on any atom is 0.261 e. The minimum absolute atomic E-state index is 0.0851. The third kappa shape index (κ3) is 6.49. The predicted molar refractivity (Wildman–Crippen MR) is 104 cm³/mol. The highest BCUT2D eigenvalue weighted by Crippen LogP contribution is 2.22. The fourth-order valence-electron chi connectivity index (χ4n) is 2.13. The number of carbonyl (C=O) groups is 1. The first-order valence-electron chi connectivity index (χ1n) is 8.46. The van der Waals surface area contributed by atoms with Gasteiger partial charge in [-0.2, -0.15) is 0 Å². The number of hydrogen-bond acceptors (Lipinski definition) is 5. The van der Waals surface area contributed by atoms with E-state index in [1.807, 2.05) is 13.8 Å². The van der Waals surface area contributed by atoms with E-state index in [0.717, 1.165) is 0 Å². The fourth-order valence-corrected chi connectivity index (χ4v) is 3.18. The summed E-state index contributed by atoms with van der Waals surface area (Å²) in [6.07, 6.45) is 0. The lowest BCUT2D eigenvalue weighted by atomic mass is 10.2. The Balaban J connectivity index is 1.97. The number of rotatable bonds is 9. The lowest BCUT2D eigenvalue weighted by Gasteiger charge is -2.11. The highest BCUT2D eigenvalue weighted by atomic mass is 32.2. The van der Waals surface area contributed by atoms with Gasteiger partial charge in [0.05, 0.1) is 17.7 Å². The zero-order valence-corrected chi connectivity index (χ0v) is 16.4. The van der Waals surface area contributed by atoms with Crippen molar-refractivity contribution in [3.63, 3.8) is 0 Å². The Kier molecular flexibility index (Phi) is 7.06. The van der Waals surface area contributed by atoms with Gasteiger partial charge in [-0.05, 0) is 42.3 Å². The van der Waals surface area contributed by atoms with Crippen molar-refractivity contribution < 1.29 is 22.7 Å². The summed E-state index contributed by atoms with van der Waals surface area (Å²) in [6.45, 7) is 4.45. The molecule has 8 heteroatoms. The first-order chi connectivity index (χ1) is 12.8. The number of sulfonamides is 1. The number of anilines is 1. The predicted octanol–water partition coefficient (Wildman–Crippen LogP) is 2.65. The monoisotopic (exact) mass is 392 g/mol. The molecule has 0 aliphatic rings. The molecular formula is C19H24N2O5S. The van der Waals surface area contributed by atoms with Gasteiger partial charge in [-0.15, -0.1) is 0 Å². The molecule has 0 aliphatic carbocycles. The summed E-state index contributed by atoms with van der Waals surface area (Å²) in [5, 5.41) is 2.74. The number of amides is 1. The third-order valence-electron chi connectivity index (χ3n) is 3.53. The second-order valence-electron chi connectivity index (χ2n) is 6.30. The summed E-state index contributed by atoms with van der Waals surface area (Å²) in [6, 6.07) is 12.5. The Morgan fingerprint density at radius 3 is 2.41 bits per heavy atom. The summed E-state index contributed by atoms with van der Waals surface area (Å²) in [5.41, 5.74) is 0.400. The molecule has 0 saturated heterocycles. The second-order valence-corrected chi connectivity index (χ2v) is 7.98. The van der Waals surface area contributed by atoms with Gasteiger partial charge in [0.1, 0.15) is 11.5 Å². The Morgan fingerprint density at radius 2 is 1.78 bits per heavy atom. The van der Waals surface area contributed by atoms with Crippen LogP contribution in [0.5, 0.6) is 11.5 Å². The van der Waals surface area contributed by atoms with Crippen molar-refractivity contribution in [1.29, 1.82) is 0 Å². The molecule has 146 valence electrons. The van der Waals surface area contributed by atoms with E-state index in [1.54, 1.807) is 24.3 Å². The van der Waals surface area contributed by atoms with Crippen LogP contribution in [0.15, 0.2) is 53.4 Å². The lowest BCUT2D eigenvalue weighted by molar-refractivity contribution is -0.123. The minimum Gasteiger partial charge on any atom is -0.497 e. The summed E-state index contributed by atoms with van der Waals surface area (Å²) in [5.74, 6) is 1.10. The van der Waals surface area contributed by atoms with Gasteiger partial charge >= 0.3 is 0 Å². The smallest absolute Gasteiger partial charge is 0.261 e. The van der Waals surface area contributed by atoms with E-state index in [-0.39, 0.29) is 17.4 Å². The number of ether oxygens (including phenoxy) is 2. The molecule has 0 aromatic heterocycles. The van der Waals surface area contributed by atoms with Gasteiger partial charge in [-0.1, -0.05) is 19.9 Å². The fraction of sp³-hybridized carbons (Fsp3) is 0.316. The van der Waals surface area contributed by atoms with Crippen molar-refractivity contribution in [2.24, 2.45) is 5.92 Å². The molecule has 2 N–H and O–H groups in total. The molecule has 0 spiro atoms. The molecule has 7 nitrogen and oxygen atoms in total. The Morgan fingerprint density at radius 1 is 1.07 bits per heavy atom. The normalized spacial score (nSPS) is 11.1. The molecule has 27 heavy (non-hydrogen) atoms. The van der Waals surface area contributed by atoms with Gasteiger partial charge in [-0.3, -0.25) is 9.52 Å². The summed E-state index contributed by atoms with van der Waals surface area (Å²) < 4.78 is 37.9. The van der Waals surface area contributed by atoms with Crippen molar-refractivity contribution in [1.82, 2.24) is 5.32 Å². The summed E-state index contributed by atoms with van der Waals surface area (Å²) in [7, 11) is -2.24. The van der Waals surface area contributed by atoms with Crippen LogP contribution in [0, 0.1) is 5.92 Å². The molecule has 0 aliphatic heterocycles. The van der Waals surface area contributed by atoms with E-state index in [2.05, 4.69) is 10.0 Å². The zero-order chi connectivity index (χ0) is 19.9. The number of benzene rings is 2. The molecule has 0 fully saturated rings. The number of carbonyl (C=O) groups excluding carboxylic acids is 1. The van der Waals surface area contributed by atoms with Crippen molar-refractivity contribution >= 4 is 21.6 Å². The molecule has 0 heterocycles. The van der Waals surface area contributed by atoms with Crippen LogP contribution in [0.25, 0.3) is 0 Å². The average Bonchev–Trinajstić information content (AvgIpc) is 2.64. The molecule has 2 aromatic carbocycles. The maximum absolute atomic E-state index is 12.5. The molecule has 2 aromatic rings. The zero-order valence-electron chi connectivity index (χ0n) is 15.6. The first-order valence-corrected chi connectivity index (χ1v) is 9.95. The Labute approximate surface area is 159 Å². The number of methoxy groups -OCH3 is 1. The molecule has 0 unspecified atom stereocenters. The highest BCUT2D eigenvalue weighted by molar-refractivity contribution is 7.92. The molecule has 0 saturated carbocycles. The lowest BCUT2D eigenvalue weighted by Crippen LogP contribution is -2.31. The summed E-state index contributed by atoms with van der Waals surface area (Å²) in [4.78, 5) is 11.7. The molecule has 0 atom stereocenters. The van der Waals surface area contributed by atoms with E-state index >= 15 is 0 Å². The Bertz CT molecular complexity index is 864. The van der Waals surface area contributed by atoms with E-state index < -0.39 is 10.0 Å². The van der Waals surface area contributed by atoms with Crippen LogP contribution in [0.4, 0.5) is 5.69 Å². The van der Waals surface area contributed by atoms with Crippen molar-refractivity contribution in [2.45, 2.75) is 18.7 Å². The van der Waals surface area contributed by atoms with Crippen LogP contribution in [-0.2, 0) is 14.8 Å². The maximum atomic E-state index is 12.5. The second kappa shape index (κ2) is 9.27. The summed E-state index contributed by atoms with van der Waals surface area (Å²) >= 11 is 0. The van der Waals surface area contributed by atoms with Gasteiger partial charge in [-0.25, -0.2) is 8.42 Å². The van der Waals surface area contributed by atoms with Crippen LogP contribution >= 0.6 is 0 Å². The quantitative estimate of drug-likeness (QED) is 0.684. The molecular weight excluding hydrogens is 368 g/mol. The van der Waals surface area contributed by atoms with Gasteiger partial charge in [0.15, 0.2) is 6.61 Å². The van der Waals surface area contributed by atoms with Gasteiger partial charge < -0.3 is 14.8 Å². The largest absolute Gasteiger partial charge is 0.497 e. The molecule has 0 radical (unpaired) electrons. The van der Waals surface area contributed by atoms with E-state index in [1.165, 1.54) is 31.4 Å². The molecule has 2 rings (SSSR count).